The largest absolute Gasteiger partial charge is 0.361 e. The zero-order valence-corrected chi connectivity index (χ0v) is 17.4. The Hall–Kier alpha value is -3.81. The SMILES string of the molecule is CCc1n[nH]c2ccc(-c3nnc(NCc4ccccc4)c(N4CC=NCC4)n3)cc12. The summed E-state index contributed by atoms with van der Waals surface area (Å²) in [5, 5.41) is 21.0. The number of aliphatic imine (C=N–C) groups is 1. The third-order valence-corrected chi connectivity index (χ3v) is 5.44. The number of aryl methyl sites for hydroxylation is 1. The molecule has 156 valence electrons. The molecule has 0 bridgehead atoms. The molecule has 8 heteroatoms. The number of hydrogen-bond acceptors (Lipinski definition) is 7. The first-order valence-corrected chi connectivity index (χ1v) is 10.5. The predicted octanol–water partition coefficient (Wildman–Crippen LogP) is 3.48. The summed E-state index contributed by atoms with van der Waals surface area (Å²) in [6.45, 7) is 5.02. The standard InChI is InChI=1S/C23H24N8/c1-2-19-18-14-17(8-9-20(18)28-27-19)21-26-23(31-12-10-24-11-13-31)22(30-29-21)25-15-16-6-4-3-5-7-16/h3-10,14H,2,11-13,15H2,1H3,(H,25,30)(H,27,28). The van der Waals surface area contributed by atoms with Crippen LogP contribution in [0.25, 0.3) is 22.3 Å². The van der Waals surface area contributed by atoms with Crippen LogP contribution < -0.4 is 10.2 Å². The lowest BCUT2D eigenvalue weighted by atomic mass is 10.1. The molecule has 3 heterocycles. The Morgan fingerprint density at radius 3 is 2.81 bits per heavy atom. The van der Waals surface area contributed by atoms with Gasteiger partial charge in [-0.1, -0.05) is 37.3 Å². The molecule has 2 aromatic heterocycles. The summed E-state index contributed by atoms with van der Waals surface area (Å²) in [7, 11) is 0. The fourth-order valence-corrected chi connectivity index (χ4v) is 3.74. The molecular weight excluding hydrogens is 388 g/mol. The van der Waals surface area contributed by atoms with Gasteiger partial charge in [-0.05, 0) is 30.2 Å². The van der Waals surface area contributed by atoms with Crippen LogP contribution in [-0.4, -0.2) is 51.2 Å². The van der Waals surface area contributed by atoms with Crippen LogP contribution in [0, 0.1) is 0 Å². The number of H-pyrrole nitrogens is 1. The van der Waals surface area contributed by atoms with Gasteiger partial charge in [-0.25, -0.2) is 4.98 Å². The summed E-state index contributed by atoms with van der Waals surface area (Å²) in [5.41, 5.74) is 4.16. The molecule has 4 aromatic rings. The minimum atomic E-state index is 0.605. The first kappa shape index (κ1) is 19.2. The van der Waals surface area contributed by atoms with Gasteiger partial charge < -0.3 is 10.2 Å². The van der Waals surface area contributed by atoms with Gasteiger partial charge in [0.2, 0.25) is 0 Å². The van der Waals surface area contributed by atoms with E-state index in [-0.39, 0.29) is 0 Å². The monoisotopic (exact) mass is 412 g/mol. The number of anilines is 2. The molecule has 0 radical (unpaired) electrons. The van der Waals surface area contributed by atoms with Gasteiger partial charge >= 0.3 is 0 Å². The van der Waals surface area contributed by atoms with Gasteiger partial charge in [0.1, 0.15) is 0 Å². The molecule has 0 unspecified atom stereocenters. The van der Waals surface area contributed by atoms with Crippen molar-refractivity contribution in [2.45, 2.75) is 19.9 Å². The third kappa shape index (κ3) is 3.96. The molecule has 8 nitrogen and oxygen atoms in total. The molecule has 1 aliphatic heterocycles. The molecule has 31 heavy (non-hydrogen) atoms. The maximum absolute atomic E-state index is 4.92. The van der Waals surface area contributed by atoms with Gasteiger partial charge in [-0.2, -0.15) is 5.10 Å². The van der Waals surface area contributed by atoms with Crippen LogP contribution in [0.1, 0.15) is 18.2 Å². The van der Waals surface area contributed by atoms with Crippen molar-refractivity contribution in [3.63, 3.8) is 0 Å². The van der Waals surface area contributed by atoms with Gasteiger partial charge in [0.15, 0.2) is 17.5 Å². The number of hydrogen-bond donors (Lipinski definition) is 2. The lowest BCUT2D eigenvalue weighted by molar-refractivity contribution is 0.804. The Balaban J connectivity index is 1.51. The summed E-state index contributed by atoms with van der Waals surface area (Å²) in [6.07, 6.45) is 2.79. The molecule has 0 spiro atoms. The van der Waals surface area contributed by atoms with Crippen molar-refractivity contribution in [1.82, 2.24) is 25.4 Å². The Morgan fingerprint density at radius 1 is 1.10 bits per heavy atom. The van der Waals surface area contributed by atoms with E-state index in [4.69, 9.17) is 4.98 Å². The molecule has 0 saturated carbocycles. The average molecular weight is 413 g/mol. The van der Waals surface area contributed by atoms with Gasteiger partial charge in [0.25, 0.3) is 0 Å². The van der Waals surface area contributed by atoms with Crippen molar-refractivity contribution < 1.29 is 0 Å². The Labute approximate surface area is 180 Å². The van der Waals surface area contributed by atoms with Crippen molar-refractivity contribution in [3.05, 3.63) is 59.8 Å². The van der Waals surface area contributed by atoms with Crippen LogP contribution in [0.15, 0.2) is 53.5 Å². The average Bonchev–Trinajstić information content (AvgIpc) is 3.26. The van der Waals surface area contributed by atoms with E-state index < -0.39 is 0 Å². The Bertz CT molecular complexity index is 1210. The summed E-state index contributed by atoms with van der Waals surface area (Å²) in [5.74, 6) is 2.09. The van der Waals surface area contributed by atoms with E-state index in [0.717, 1.165) is 47.5 Å². The smallest absolute Gasteiger partial charge is 0.192 e. The maximum Gasteiger partial charge on any atom is 0.192 e. The molecule has 0 aliphatic carbocycles. The summed E-state index contributed by atoms with van der Waals surface area (Å²) in [4.78, 5) is 11.5. The molecule has 0 amide bonds. The number of rotatable bonds is 6. The summed E-state index contributed by atoms with van der Waals surface area (Å²) < 4.78 is 0. The van der Waals surface area contributed by atoms with Gasteiger partial charge in [0, 0.05) is 30.3 Å². The van der Waals surface area contributed by atoms with Gasteiger partial charge in [0.05, 0.1) is 24.3 Å². The highest BCUT2D eigenvalue weighted by Gasteiger charge is 2.18. The highest BCUT2D eigenvalue weighted by Crippen LogP contribution is 2.27. The van der Waals surface area contributed by atoms with Crippen LogP contribution >= 0.6 is 0 Å². The van der Waals surface area contributed by atoms with Gasteiger partial charge in [-0.3, -0.25) is 10.1 Å². The zero-order chi connectivity index (χ0) is 21.0. The molecule has 0 saturated heterocycles. The molecule has 2 N–H and O–H groups in total. The molecule has 5 rings (SSSR count). The first-order valence-electron chi connectivity index (χ1n) is 10.5. The molecule has 2 aromatic carbocycles. The quantitative estimate of drug-likeness (QED) is 0.503. The zero-order valence-electron chi connectivity index (χ0n) is 17.4. The number of benzene rings is 2. The summed E-state index contributed by atoms with van der Waals surface area (Å²) >= 11 is 0. The molecule has 0 fully saturated rings. The van der Waals surface area contributed by atoms with E-state index in [0.29, 0.717) is 24.7 Å². The second-order valence-electron chi connectivity index (χ2n) is 7.47. The van der Waals surface area contributed by atoms with Crippen LogP contribution in [0.3, 0.4) is 0 Å². The Kier molecular flexibility index (Phi) is 5.26. The van der Waals surface area contributed by atoms with E-state index in [1.165, 1.54) is 5.56 Å². The topological polar surface area (TPSA) is 95.0 Å². The maximum atomic E-state index is 4.92. The number of nitrogens with one attached hydrogen (secondary N) is 2. The van der Waals surface area contributed by atoms with Crippen LogP contribution in [-0.2, 0) is 13.0 Å². The Morgan fingerprint density at radius 2 is 2.00 bits per heavy atom. The molecule has 0 atom stereocenters. The van der Waals surface area contributed by atoms with Crippen LogP contribution in [0.4, 0.5) is 11.6 Å². The van der Waals surface area contributed by atoms with E-state index in [2.05, 4.69) is 60.7 Å². The number of aromatic nitrogens is 5. The molecule has 1 aliphatic rings. The van der Waals surface area contributed by atoms with E-state index in [1.54, 1.807) is 0 Å². The highest BCUT2D eigenvalue weighted by atomic mass is 15.3. The normalized spacial score (nSPS) is 13.6. The fraction of sp³-hybridized carbons (Fsp3) is 0.261. The van der Waals surface area contributed by atoms with Crippen molar-refractivity contribution >= 4 is 28.8 Å². The lowest BCUT2D eigenvalue weighted by Gasteiger charge is -2.25. The van der Waals surface area contributed by atoms with Crippen LogP contribution in [0.2, 0.25) is 0 Å². The van der Waals surface area contributed by atoms with E-state index >= 15 is 0 Å². The van der Waals surface area contributed by atoms with E-state index in [9.17, 15) is 0 Å². The van der Waals surface area contributed by atoms with Crippen molar-refractivity contribution in [2.24, 2.45) is 4.99 Å². The van der Waals surface area contributed by atoms with Gasteiger partial charge in [-0.15, -0.1) is 10.2 Å². The lowest BCUT2D eigenvalue weighted by Crippen LogP contribution is -2.33. The highest BCUT2D eigenvalue weighted by molar-refractivity contribution is 5.86. The molecular formula is C23H24N8. The number of aromatic amines is 1. The summed E-state index contributed by atoms with van der Waals surface area (Å²) in [6, 6.07) is 16.4. The third-order valence-electron chi connectivity index (χ3n) is 5.44. The van der Waals surface area contributed by atoms with Crippen molar-refractivity contribution in [2.75, 3.05) is 29.9 Å². The second-order valence-corrected chi connectivity index (χ2v) is 7.47. The minimum absolute atomic E-state index is 0.605. The van der Waals surface area contributed by atoms with Crippen molar-refractivity contribution in [1.29, 1.82) is 0 Å². The van der Waals surface area contributed by atoms with Crippen LogP contribution in [0.5, 0.6) is 0 Å². The second kappa shape index (κ2) is 8.51. The minimum Gasteiger partial charge on any atom is -0.361 e. The number of fused-ring (bicyclic) bond motifs is 1. The first-order chi connectivity index (χ1) is 15.3. The van der Waals surface area contributed by atoms with Crippen molar-refractivity contribution in [3.8, 4) is 11.4 Å². The fourth-order valence-electron chi connectivity index (χ4n) is 3.74. The number of nitrogens with zero attached hydrogens (tertiary/aromatic N) is 6. The van der Waals surface area contributed by atoms with E-state index in [1.807, 2.05) is 36.5 Å². The predicted molar refractivity (Wildman–Crippen MR) is 124 cm³/mol.